The molecule has 4 nitrogen and oxygen atoms in total. The van der Waals surface area contributed by atoms with E-state index < -0.39 is 46.0 Å². The third-order valence-electron chi connectivity index (χ3n) is 4.87. The Balaban J connectivity index is 2.25. The van der Waals surface area contributed by atoms with Gasteiger partial charge in [-0.05, 0) is 22.5 Å². The van der Waals surface area contributed by atoms with Crippen LogP contribution < -0.4 is 0 Å². The van der Waals surface area contributed by atoms with Crippen molar-refractivity contribution in [2.24, 2.45) is 0 Å². The normalized spacial score (nSPS) is 12.5. The third kappa shape index (κ3) is 3.88. The van der Waals surface area contributed by atoms with Crippen LogP contribution >= 0.6 is 0 Å². The van der Waals surface area contributed by atoms with Crippen LogP contribution in [0.4, 0.5) is 22.0 Å². The molecule has 0 atom stereocenters. The zero-order valence-electron chi connectivity index (χ0n) is 17.8. The Hall–Kier alpha value is -2.97. The van der Waals surface area contributed by atoms with Gasteiger partial charge in [-0.2, -0.15) is 4.98 Å². The SMILES string of the molecule is CC(C)(C)c1cc(-c2noc(-c3c(F)c(F)c(F)c(F)c3F)n2)c(O)c(C(C)(C)C)c1. The van der Waals surface area contributed by atoms with Gasteiger partial charge in [0.1, 0.15) is 11.3 Å². The Bertz CT molecular complexity index is 1150. The van der Waals surface area contributed by atoms with E-state index in [1.807, 2.05) is 47.6 Å². The number of hydrogen-bond acceptors (Lipinski definition) is 4. The van der Waals surface area contributed by atoms with Gasteiger partial charge >= 0.3 is 0 Å². The van der Waals surface area contributed by atoms with Crippen LogP contribution in [0.15, 0.2) is 16.7 Å². The molecule has 0 aliphatic rings. The molecule has 0 bridgehead atoms. The first-order valence-corrected chi connectivity index (χ1v) is 9.38. The maximum Gasteiger partial charge on any atom is 0.264 e. The number of nitrogens with zero attached hydrogens (tertiary/aromatic N) is 2. The number of aromatic hydroxyl groups is 1. The summed E-state index contributed by atoms with van der Waals surface area (Å²) in [5.41, 5.74) is -0.663. The molecule has 0 aliphatic heterocycles. The van der Waals surface area contributed by atoms with Crippen LogP contribution in [0.3, 0.4) is 0 Å². The van der Waals surface area contributed by atoms with Crippen molar-refractivity contribution >= 4 is 0 Å². The van der Waals surface area contributed by atoms with Crippen molar-refractivity contribution in [3.63, 3.8) is 0 Å². The molecule has 0 saturated carbocycles. The van der Waals surface area contributed by atoms with Crippen LogP contribution in [-0.4, -0.2) is 15.2 Å². The number of benzene rings is 2. The highest BCUT2D eigenvalue weighted by molar-refractivity contribution is 5.70. The predicted octanol–water partition coefficient (Wildman–Crippen LogP) is 6.40. The second-order valence-corrected chi connectivity index (χ2v) is 9.29. The molecule has 1 N–H and O–H groups in total. The number of phenols is 1. The van der Waals surface area contributed by atoms with Gasteiger partial charge in [-0.3, -0.25) is 0 Å². The van der Waals surface area contributed by atoms with Gasteiger partial charge in [0.05, 0.1) is 5.56 Å². The van der Waals surface area contributed by atoms with Crippen LogP contribution in [0.2, 0.25) is 0 Å². The Morgan fingerprint density at radius 1 is 0.774 bits per heavy atom. The zero-order valence-corrected chi connectivity index (χ0v) is 17.8. The molecule has 0 amide bonds. The zero-order chi connectivity index (χ0) is 23.5. The monoisotopic (exact) mass is 440 g/mol. The molecule has 3 aromatic rings. The maximum absolute atomic E-state index is 14.1. The standard InChI is InChI=1S/C22H21F5N2O2/c1-21(2,3)9-7-10(18(30)11(8-9)22(4,5)6)19-28-20(31-29-19)12-13(23)15(25)17(27)16(26)14(12)24/h7-8,30H,1-6H3. The lowest BCUT2D eigenvalue weighted by Crippen LogP contribution is -2.17. The quantitative estimate of drug-likeness (QED) is 0.285. The number of halogens is 5. The van der Waals surface area contributed by atoms with Crippen LogP contribution in [-0.2, 0) is 10.8 Å². The summed E-state index contributed by atoms with van der Waals surface area (Å²) < 4.78 is 73.5. The van der Waals surface area contributed by atoms with Crippen molar-refractivity contribution in [1.29, 1.82) is 0 Å². The summed E-state index contributed by atoms with van der Waals surface area (Å²) in [6.07, 6.45) is 0. The van der Waals surface area contributed by atoms with Gasteiger partial charge < -0.3 is 9.63 Å². The Morgan fingerprint density at radius 3 is 1.77 bits per heavy atom. The van der Waals surface area contributed by atoms with Crippen molar-refractivity contribution in [3.8, 4) is 28.6 Å². The Kier molecular flexibility index (Phi) is 5.36. The van der Waals surface area contributed by atoms with E-state index in [9.17, 15) is 27.1 Å². The fourth-order valence-electron chi connectivity index (χ4n) is 3.04. The highest BCUT2D eigenvalue weighted by Crippen LogP contribution is 2.42. The minimum absolute atomic E-state index is 0.108. The van der Waals surface area contributed by atoms with E-state index in [0.29, 0.717) is 5.56 Å². The van der Waals surface area contributed by atoms with Gasteiger partial charge in [0, 0.05) is 5.56 Å². The van der Waals surface area contributed by atoms with Crippen molar-refractivity contribution in [2.45, 2.75) is 52.4 Å². The van der Waals surface area contributed by atoms with E-state index in [2.05, 4.69) is 10.1 Å². The number of hydrogen-bond donors (Lipinski definition) is 1. The number of phenolic OH excluding ortho intramolecular Hbond substituents is 1. The fraction of sp³-hybridized carbons (Fsp3) is 0.364. The number of rotatable bonds is 2. The first kappa shape index (κ1) is 22.7. The Morgan fingerprint density at radius 2 is 1.29 bits per heavy atom. The van der Waals surface area contributed by atoms with E-state index in [-0.39, 0.29) is 22.6 Å². The van der Waals surface area contributed by atoms with E-state index >= 15 is 0 Å². The summed E-state index contributed by atoms with van der Waals surface area (Å²) in [4.78, 5) is 3.82. The lowest BCUT2D eigenvalue weighted by molar-refractivity contribution is 0.372. The van der Waals surface area contributed by atoms with Crippen molar-refractivity contribution in [1.82, 2.24) is 10.1 Å². The molecular weight excluding hydrogens is 419 g/mol. The van der Waals surface area contributed by atoms with Crippen LogP contribution in [0.25, 0.3) is 22.8 Å². The predicted molar refractivity (Wildman–Crippen MR) is 104 cm³/mol. The first-order chi connectivity index (χ1) is 14.1. The minimum atomic E-state index is -2.29. The molecule has 1 heterocycles. The first-order valence-electron chi connectivity index (χ1n) is 9.38. The van der Waals surface area contributed by atoms with Gasteiger partial charge in [0.2, 0.25) is 11.6 Å². The average molecular weight is 440 g/mol. The minimum Gasteiger partial charge on any atom is -0.507 e. The molecule has 1 aromatic heterocycles. The fourth-order valence-corrected chi connectivity index (χ4v) is 3.04. The molecule has 0 unspecified atom stereocenters. The van der Waals surface area contributed by atoms with Gasteiger partial charge in [-0.1, -0.05) is 52.8 Å². The smallest absolute Gasteiger partial charge is 0.264 e. The summed E-state index contributed by atoms with van der Waals surface area (Å²) in [6, 6.07) is 3.43. The molecule has 3 rings (SSSR count). The van der Waals surface area contributed by atoms with Crippen LogP contribution in [0, 0.1) is 29.1 Å². The van der Waals surface area contributed by atoms with Crippen molar-refractivity contribution in [2.75, 3.05) is 0 Å². The summed E-state index contributed by atoms with van der Waals surface area (Å²) >= 11 is 0. The molecule has 166 valence electrons. The van der Waals surface area contributed by atoms with Crippen LogP contribution in [0.5, 0.6) is 5.75 Å². The highest BCUT2D eigenvalue weighted by atomic mass is 19.2. The molecule has 0 radical (unpaired) electrons. The molecular formula is C22H21F5N2O2. The molecule has 0 fully saturated rings. The van der Waals surface area contributed by atoms with Crippen molar-refractivity contribution in [3.05, 3.63) is 52.3 Å². The average Bonchev–Trinajstić information content (AvgIpc) is 3.12. The lowest BCUT2D eigenvalue weighted by atomic mass is 9.79. The summed E-state index contributed by atoms with van der Waals surface area (Å²) in [5.74, 6) is -12.0. The Labute approximate surface area is 175 Å². The van der Waals surface area contributed by atoms with Gasteiger partial charge in [0.15, 0.2) is 23.3 Å². The molecule has 0 aliphatic carbocycles. The maximum atomic E-state index is 14.1. The molecule has 9 heteroatoms. The number of aromatic nitrogens is 2. The topological polar surface area (TPSA) is 59.2 Å². The van der Waals surface area contributed by atoms with E-state index in [0.717, 1.165) is 5.56 Å². The summed E-state index contributed by atoms with van der Waals surface area (Å²) in [5, 5.41) is 14.5. The van der Waals surface area contributed by atoms with Crippen molar-refractivity contribution < 1.29 is 31.6 Å². The second-order valence-electron chi connectivity index (χ2n) is 9.29. The van der Waals surface area contributed by atoms with Gasteiger partial charge in [0.25, 0.3) is 5.89 Å². The van der Waals surface area contributed by atoms with E-state index in [1.54, 1.807) is 6.07 Å². The largest absolute Gasteiger partial charge is 0.507 e. The molecule has 0 saturated heterocycles. The molecule has 2 aromatic carbocycles. The summed E-state index contributed by atoms with van der Waals surface area (Å²) in [6.45, 7) is 11.5. The van der Waals surface area contributed by atoms with E-state index in [4.69, 9.17) is 4.52 Å². The summed E-state index contributed by atoms with van der Waals surface area (Å²) in [7, 11) is 0. The third-order valence-corrected chi connectivity index (χ3v) is 4.87. The molecule has 0 spiro atoms. The van der Waals surface area contributed by atoms with Gasteiger partial charge in [-0.15, -0.1) is 0 Å². The lowest BCUT2D eigenvalue weighted by Gasteiger charge is -2.27. The van der Waals surface area contributed by atoms with E-state index in [1.165, 1.54) is 0 Å². The van der Waals surface area contributed by atoms with Crippen LogP contribution in [0.1, 0.15) is 52.7 Å². The highest BCUT2D eigenvalue weighted by Gasteiger charge is 2.31. The van der Waals surface area contributed by atoms with Gasteiger partial charge in [-0.25, -0.2) is 22.0 Å². The molecule has 31 heavy (non-hydrogen) atoms. The second kappa shape index (κ2) is 7.32.